The minimum atomic E-state index is -5.15. The number of unbranched alkanes of at least 4 members (excludes halogenated alkanes) is 8. The van der Waals surface area contributed by atoms with E-state index < -0.39 is 75.7 Å². The van der Waals surface area contributed by atoms with Crippen LogP contribution in [0.25, 0.3) is 0 Å². The van der Waals surface area contributed by atoms with Gasteiger partial charge in [0.2, 0.25) is 0 Å². The highest BCUT2D eigenvalue weighted by molar-refractivity contribution is 7.47. The first-order valence-electron chi connectivity index (χ1n) is 22.9. The summed E-state index contributed by atoms with van der Waals surface area (Å²) in [5.74, 6) is -1.20. The molecule has 0 radical (unpaired) electrons. The Hall–Kier alpha value is -2.75. The van der Waals surface area contributed by atoms with Crippen LogP contribution in [0.1, 0.15) is 142 Å². The number of phosphoric ester groups is 1. The summed E-state index contributed by atoms with van der Waals surface area (Å²) in [6, 6.07) is 0. The molecule has 0 amide bonds. The number of aliphatic hydroxyl groups is 5. The first-order chi connectivity index (χ1) is 29.9. The van der Waals surface area contributed by atoms with Crippen molar-refractivity contribution < 1.29 is 67.8 Å². The topological polar surface area (TPSA) is 222 Å². The Labute approximate surface area is 370 Å². The molecule has 0 aromatic rings. The maximum absolute atomic E-state index is 12.8. The van der Waals surface area contributed by atoms with Crippen molar-refractivity contribution in [3.8, 4) is 0 Å². The Kier molecular flexibility index (Phi) is 30.1. The second-order valence-electron chi connectivity index (χ2n) is 15.9. The van der Waals surface area contributed by atoms with Crippen molar-refractivity contribution in [2.75, 3.05) is 13.2 Å². The molecule has 2 rings (SSSR count). The Balaban J connectivity index is 1.76. The maximum atomic E-state index is 12.8. The van der Waals surface area contributed by atoms with Gasteiger partial charge in [0, 0.05) is 12.8 Å². The van der Waals surface area contributed by atoms with Crippen molar-refractivity contribution in [3.63, 3.8) is 0 Å². The molecule has 0 spiro atoms. The molecular formula is C47H77O14P. The van der Waals surface area contributed by atoms with E-state index in [1.165, 1.54) is 19.3 Å². The Morgan fingerprint density at radius 1 is 0.597 bits per heavy atom. The Morgan fingerprint density at radius 3 is 1.73 bits per heavy atom. The SMILES string of the molecule is CC/C=C\C/C=C\C/C=C\CCCCCCCC(=O)OC[C@H](COP(=O)(O)OC1[C@H](O)[C@H](O)C(O)[C@H](O)[C@H]1O)OC(=O)CCCC1OC1C/C=C\C/C=C\C/C=C\CCCCC. The van der Waals surface area contributed by atoms with Crippen LogP contribution < -0.4 is 0 Å². The number of epoxide rings is 1. The molecule has 0 aromatic carbocycles. The predicted molar refractivity (Wildman–Crippen MR) is 239 cm³/mol. The van der Waals surface area contributed by atoms with Crippen LogP contribution in [-0.2, 0) is 37.4 Å². The molecule has 1 saturated heterocycles. The van der Waals surface area contributed by atoms with Gasteiger partial charge in [-0.2, -0.15) is 0 Å². The molecule has 354 valence electrons. The van der Waals surface area contributed by atoms with Crippen LogP contribution in [0.4, 0.5) is 0 Å². The van der Waals surface area contributed by atoms with Gasteiger partial charge in [-0.05, 0) is 83.5 Å². The Morgan fingerprint density at radius 2 is 1.11 bits per heavy atom. The molecule has 0 bridgehead atoms. The minimum absolute atomic E-state index is 0.000336. The third kappa shape index (κ3) is 25.5. The lowest BCUT2D eigenvalue weighted by molar-refractivity contribution is -0.220. The summed E-state index contributed by atoms with van der Waals surface area (Å²) in [5, 5.41) is 50.2. The third-order valence-electron chi connectivity index (χ3n) is 10.5. The molecule has 2 aliphatic rings. The average Bonchev–Trinajstić information content (AvgIpc) is 4.01. The lowest BCUT2D eigenvalue weighted by Crippen LogP contribution is -2.64. The standard InChI is InChI=1S/C47H77O14P/c1-3-5-7-9-11-13-15-17-18-19-21-23-25-27-29-33-40(48)57-35-37(36-58-62(55,56)61-47-45(53)43(51)42(50)44(52)46(47)54)59-41(49)34-30-32-39-38(60-39)31-28-26-24-22-20-16-14-12-10-8-6-4-2/h5,7,11-14,17-18,20,22,26,28,37-39,42-47,50-54H,3-4,6,8-10,15-16,19,21,23-25,27,29-36H2,1-2H3,(H,55,56)/b7-5-,13-11-,14-12-,18-17-,22-20-,28-26-/t37-,38?,39?,42?,43-,44+,45-,46-,47?/m1/s1. The van der Waals surface area contributed by atoms with E-state index in [1.807, 2.05) is 0 Å². The van der Waals surface area contributed by atoms with Crippen LogP contribution in [-0.4, -0.2) is 111 Å². The highest BCUT2D eigenvalue weighted by atomic mass is 31.2. The molecule has 10 atom stereocenters. The predicted octanol–water partition coefficient (Wildman–Crippen LogP) is 7.71. The van der Waals surface area contributed by atoms with Crippen molar-refractivity contribution in [1.29, 1.82) is 0 Å². The maximum Gasteiger partial charge on any atom is 0.472 e. The molecule has 6 N–H and O–H groups in total. The molecule has 0 aromatic heterocycles. The van der Waals surface area contributed by atoms with Crippen molar-refractivity contribution in [2.24, 2.45) is 0 Å². The summed E-state index contributed by atoms with van der Waals surface area (Å²) in [4.78, 5) is 35.8. The van der Waals surface area contributed by atoms with E-state index in [9.17, 15) is 44.6 Å². The summed E-state index contributed by atoms with van der Waals surface area (Å²) < 4.78 is 39.3. The molecular weight excluding hydrogens is 819 g/mol. The highest BCUT2D eigenvalue weighted by Crippen LogP contribution is 2.47. The zero-order valence-corrected chi connectivity index (χ0v) is 38.0. The van der Waals surface area contributed by atoms with E-state index in [1.54, 1.807) is 0 Å². The fourth-order valence-corrected chi connectivity index (χ4v) is 7.65. The van der Waals surface area contributed by atoms with Crippen LogP contribution >= 0.6 is 7.82 Å². The third-order valence-corrected chi connectivity index (χ3v) is 11.4. The van der Waals surface area contributed by atoms with Crippen LogP contribution in [0.5, 0.6) is 0 Å². The van der Waals surface area contributed by atoms with Gasteiger partial charge in [0.1, 0.15) is 43.2 Å². The number of ether oxygens (including phenoxy) is 3. The van der Waals surface area contributed by atoms with Crippen molar-refractivity contribution in [3.05, 3.63) is 72.9 Å². The monoisotopic (exact) mass is 897 g/mol. The van der Waals surface area contributed by atoms with Gasteiger partial charge in [0.15, 0.2) is 6.10 Å². The number of esters is 2. The van der Waals surface area contributed by atoms with Crippen LogP contribution in [0.15, 0.2) is 72.9 Å². The second kappa shape index (κ2) is 33.7. The number of hydrogen-bond acceptors (Lipinski definition) is 13. The molecule has 62 heavy (non-hydrogen) atoms. The summed E-state index contributed by atoms with van der Waals surface area (Å²) in [6.07, 6.45) is 29.7. The first kappa shape index (κ1) is 55.4. The highest BCUT2D eigenvalue weighted by Gasteiger charge is 2.51. The second-order valence-corrected chi connectivity index (χ2v) is 17.3. The van der Waals surface area contributed by atoms with Gasteiger partial charge in [-0.3, -0.25) is 18.6 Å². The van der Waals surface area contributed by atoms with Gasteiger partial charge in [-0.1, -0.05) is 119 Å². The zero-order chi connectivity index (χ0) is 45.4. The van der Waals surface area contributed by atoms with Gasteiger partial charge in [-0.25, -0.2) is 4.57 Å². The van der Waals surface area contributed by atoms with E-state index in [0.29, 0.717) is 19.3 Å². The quantitative estimate of drug-likeness (QED) is 0.0118. The van der Waals surface area contributed by atoms with Gasteiger partial charge in [0.25, 0.3) is 0 Å². The van der Waals surface area contributed by atoms with E-state index in [0.717, 1.165) is 77.0 Å². The number of hydrogen-bond donors (Lipinski definition) is 6. The van der Waals surface area contributed by atoms with Crippen molar-refractivity contribution in [2.45, 2.75) is 197 Å². The molecule has 1 aliphatic heterocycles. The molecule has 1 saturated carbocycles. The largest absolute Gasteiger partial charge is 0.472 e. The van der Waals surface area contributed by atoms with E-state index in [2.05, 4.69) is 86.8 Å². The summed E-state index contributed by atoms with van der Waals surface area (Å²) >= 11 is 0. The number of rotatable bonds is 35. The van der Waals surface area contributed by atoms with Crippen LogP contribution in [0, 0.1) is 0 Å². The smallest absolute Gasteiger partial charge is 0.462 e. The van der Waals surface area contributed by atoms with Gasteiger partial charge in [0.05, 0.1) is 18.8 Å². The van der Waals surface area contributed by atoms with E-state index in [4.69, 9.17) is 23.3 Å². The lowest BCUT2D eigenvalue weighted by Gasteiger charge is -2.41. The number of aliphatic hydroxyl groups excluding tert-OH is 5. The summed E-state index contributed by atoms with van der Waals surface area (Å²) in [6.45, 7) is 3.06. The molecule has 15 heteroatoms. The zero-order valence-electron chi connectivity index (χ0n) is 37.1. The molecule has 1 heterocycles. The number of allylic oxidation sites excluding steroid dienone is 11. The molecule has 14 nitrogen and oxygen atoms in total. The first-order valence-corrected chi connectivity index (χ1v) is 24.4. The van der Waals surface area contributed by atoms with Gasteiger partial charge < -0.3 is 44.6 Å². The molecule has 5 unspecified atom stereocenters. The van der Waals surface area contributed by atoms with E-state index >= 15 is 0 Å². The fraction of sp³-hybridized carbons (Fsp3) is 0.702. The van der Waals surface area contributed by atoms with E-state index in [-0.39, 0.29) is 25.0 Å². The molecule has 2 fully saturated rings. The average molecular weight is 897 g/mol. The van der Waals surface area contributed by atoms with Gasteiger partial charge >= 0.3 is 19.8 Å². The van der Waals surface area contributed by atoms with Crippen molar-refractivity contribution in [1.82, 2.24) is 0 Å². The summed E-state index contributed by atoms with van der Waals surface area (Å²) in [7, 11) is -5.15. The van der Waals surface area contributed by atoms with Crippen LogP contribution in [0.2, 0.25) is 0 Å². The minimum Gasteiger partial charge on any atom is -0.462 e. The normalized spacial score (nSPS) is 25.8. The van der Waals surface area contributed by atoms with Crippen molar-refractivity contribution >= 4 is 19.8 Å². The number of phosphoric acid groups is 1. The Bertz CT molecular complexity index is 1430. The fourth-order valence-electron chi connectivity index (χ4n) is 6.68. The van der Waals surface area contributed by atoms with Gasteiger partial charge in [-0.15, -0.1) is 0 Å². The number of carbonyl (C=O) groups excluding carboxylic acids is 2. The van der Waals surface area contributed by atoms with Crippen LogP contribution in [0.3, 0.4) is 0 Å². The summed E-state index contributed by atoms with van der Waals surface area (Å²) in [5.41, 5.74) is 0. The molecule has 1 aliphatic carbocycles. The lowest BCUT2D eigenvalue weighted by atomic mass is 9.85. The number of carbonyl (C=O) groups is 2.